The molecule has 0 fully saturated rings. The van der Waals surface area contributed by atoms with E-state index in [1.54, 1.807) is 12.1 Å². The first-order valence-electron chi connectivity index (χ1n) is 8.04. The lowest BCUT2D eigenvalue weighted by molar-refractivity contribution is -0.121. The van der Waals surface area contributed by atoms with Crippen LogP contribution in [0.1, 0.15) is 40.9 Å². The molecule has 4 N–H and O–H groups in total. The highest BCUT2D eigenvalue weighted by Gasteiger charge is 2.11. The standard InChI is InChI=1S/C19H23N3O2.ClH/c1-2-21-19(24)16-10-8-14(9-11-16)13-22-18(23)12-17(20)15-6-4-3-5-7-15;/h3-11,17H,2,12-13,20H2,1H3,(H,21,24)(H,22,23);1H. The number of hydrogen-bond donors (Lipinski definition) is 3. The first-order valence-corrected chi connectivity index (χ1v) is 8.04. The van der Waals surface area contributed by atoms with Gasteiger partial charge in [0.15, 0.2) is 0 Å². The van der Waals surface area contributed by atoms with Gasteiger partial charge in [-0.15, -0.1) is 12.4 Å². The van der Waals surface area contributed by atoms with Crippen molar-refractivity contribution in [3.63, 3.8) is 0 Å². The average molecular weight is 362 g/mol. The molecule has 0 spiro atoms. The summed E-state index contributed by atoms with van der Waals surface area (Å²) in [6, 6.07) is 16.4. The average Bonchev–Trinajstić information content (AvgIpc) is 2.61. The fourth-order valence-corrected chi connectivity index (χ4v) is 2.33. The Morgan fingerprint density at radius 3 is 2.24 bits per heavy atom. The number of nitrogens with one attached hydrogen (secondary N) is 2. The summed E-state index contributed by atoms with van der Waals surface area (Å²) in [6.45, 7) is 2.89. The van der Waals surface area contributed by atoms with Gasteiger partial charge in [-0.3, -0.25) is 9.59 Å². The Morgan fingerprint density at radius 2 is 1.64 bits per heavy atom. The molecule has 0 aliphatic heterocycles. The van der Waals surface area contributed by atoms with Crippen molar-refractivity contribution in [2.75, 3.05) is 6.54 Å². The third kappa shape index (κ3) is 6.57. The summed E-state index contributed by atoms with van der Waals surface area (Å²) in [5, 5.41) is 5.60. The first kappa shape index (κ1) is 20.7. The Balaban J connectivity index is 0.00000312. The number of rotatable bonds is 7. The third-order valence-corrected chi connectivity index (χ3v) is 3.68. The molecule has 134 valence electrons. The van der Waals surface area contributed by atoms with E-state index in [4.69, 9.17) is 5.73 Å². The zero-order valence-corrected chi connectivity index (χ0v) is 15.0. The molecule has 0 heterocycles. The molecule has 0 saturated heterocycles. The molecule has 0 bridgehead atoms. The topological polar surface area (TPSA) is 84.2 Å². The zero-order chi connectivity index (χ0) is 17.4. The Bertz CT molecular complexity index is 675. The van der Waals surface area contributed by atoms with Crippen LogP contribution in [0.25, 0.3) is 0 Å². The van der Waals surface area contributed by atoms with Gasteiger partial charge in [0.25, 0.3) is 5.91 Å². The number of carbonyl (C=O) groups is 2. The van der Waals surface area contributed by atoms with E-state index in [-0.39, 0.29) is 36.7 Å². The minimum absolute atomic E-state index is 0. The molecule has 2 aromatic carbocycles. The molecule has 0 radical (unpaired) electrons. The van der Waals surface area contributed by atoms with E-state index in [9.17, 15) is 9.59 Å². The molecule has 1 atom stereocenters. The van der Waals surface area contributed by atoms with E-state index >= 15 is 0 Å². The summed E-state index contributed by atoms with van der Waals surface area (Å²) in [7, 11) is 0. The van der Waals surface area contributed by atoms with Crippen molar-refractivity contribution < 1.29 is 9.59 Å². The molecule has 2 amide bonds. The largest absolute Gasteiger partial charge is 0.352 e. The van der Waals surface area contributed by atoms with Gasteiger partial charge in [-0.25, -0.2) is 0 Å². The van der Waals surface area contributed by atoms with Crippen LogP contribution in [-0.2, 0) is 11.3 Å². The lowest BCUT2D eigenvalue weighted by Gasteiger charge is -2.12. The van der Waals surface area contributed by atoms with Gasteiger partial charge >= 0.3 is 0 Å². The van der Waals surface area contributed by atoms with Gasteiger partial charge in [0.05, 0.1) is 0 Å². The molecule has 0 aliphatic carbocycles. The number of nitrogens with two attached hydrogens (primary N) is 1. The van der Waals surface area contributed by atoms with Crippen molar-refractivity contribution >= 4 is 24.2 Å². The highest BCUT2D eigenvalue weighted by atomic mass is 35.5. The van der Waals surface area contributed by atoms with Crippen LogP contribution < -0.4 is 16.4 Å². The number of hydrogen-bond acceptors (Lipinski definition) is 3. The van der Waals surface area contributed by atoms with E-state index in [0.717, 1.165) is 11.1 Å². The molecule has 2 rings (SSSR count). The van der Waals surface area contributed by atoms with E-state index < -0.39 is 0 Å². The van der Waals surface area contributed by atoms with Gasteiger partial charge in [-0.1, -0.05) is 42.5 Å². The Labute approximate surface area is 154 Å². The Morgan fingerprint density at radius 1 is 1.00 bits per heavy atom. The second-order valence-corrected chi connectivity index (χ2v) is 5.55. The highest BCUT2D eigenvalue weighted by molar-refractivity contribution is 5.94. The van der Waals surface area contributed by atoms with Crippen LogP contribution in [0.5, 0.6) is 0 Å². The van der Waals surface area contributed by atoms with E-state index in [1.165, 1.54) is 0 Å². The van der Waals surface area contributed by atoms with Crippen LogP contribution in [-0.4, -0.2) is 18.4 Å². The van der Waals surface area contributed by atoms with Crippen molar-refractivity contribution in [2.24, 2.45) is 5.73 Å². The lowest BCUT2D eigenvalue weighted by Crippen LogP contribution is -2.27. The summed E-state index contributed by atoms with van der Waals surface area (Å²) in [5.74, 6) is -0.193. The van der Waals surface area contributed by atoms with Gasteiger partial charge in [-0.05, 0) is 30.2 Å². The normalized spacial score (nSPS) is 11.1. The Hall–Kier alpha value is -2.37. The van der Waals surface area contributed by atoms with E-state index in [2.05, 4.69) is 10.6 Å². The SMILES string of the molecule is CCNC(=O)c1ccc(CNC(=O)CC(N)c2ccccc2)cc1.Cl. The molecule has 0 saturated carbocycles. The van der Waals surface area contributed by atoms with Gasteiger partial charge in [-0.2, -0.15) is 0 Å². The van der Waals surface area contributed by atoms with Crippen LogP contribution in [0.2, 0.25) is 0 Å². The minimum Gasteiger partial charge on any atom is -0.352 e. The van der Waals surface area contributed by atoms with Gasteiger partial charge in [0.2, 0.25) is 5.91 Å². The maximum absolute atomic E-state index is 12.0. The highest BCUT2D eigenvalue weighted by Crippen LogP contribution is 2.13. The maximum atomic E-state index is 12.0. The first-order chi connectivity index (χ1) is 11.6. The van der Waals surface area contributed by atoms with Crippen LogP contribution in [0.4, 0.5) is 0 Å². The Kier molecular flexibility index (Phi) is 8.67. The monoisotopic (exact) mass is 361 g/mol. The molecule has 0 aromatic heterocycles. The third-order valence-electron chi connectivity index (χ3n) is 3.68. The molecular weight excluding hydrogens is 338 g/mol. The summed E-state index contributed by atoms with van der Waals surface area (Å²) in [5.41, 5.74) is 8.53. The lowest BCUT2D eigenvalue weighted by atomic mass is 10.0. The van der Waals surface area contributed by atoms with Gasteiger partial charge in [0, 0.05) is 31.1 Å². The zero-order valence-electron chi connectivity index (χ0n) is 14.2. The summed E-state index contributed by atoms with van der Waals surface area (Å²) < 4.78 is 0. The molecule has 5 nitrogen and oxygen atoms in total. The van der Waals surface area contributed by atoms with Crippen LogP contribution in [0.3, 0.4) is 0 Å². The fourth-order valence-electron chi connectivity index (χ4n) is 2.33. The van der Waals surface area contributed by atoms with Crippen LogP contribution >= 0.6 is 12.4 Å². The molecule has 0 aliphatic rings. The molecule has 1 unspecified atom stereocenters. The fraction of sp³-hybridized carbons (Fsp3) is 0.263. The predicted octanol–water partition coefficient (Wildman–Crippen LogP) is 2.56. The second-order valence-electron chi connectivity index (χ2n) is 5.55. The van der Waals surface area contributed by atoms with E-state index in [0.29, 0.717) is 18.7 Å². The molecular formula is C19H24ClN3O2. The molecule has 6 heteroatoms. The quantitative estimate of drug-likeness (QED) is 0.708. The van der Waals surface area contributed by atoms with Gasteiger partial charge < -0.3 is 16.4 Å². The number of amides is 2. The number of benzene rings is 2. The van der Waals surface area contributed by atoms with Crippen molar-refractivity contribution in [2.45, 2.75) is 25.9 Å². The minimum atomic E-state index is -0.314. The maximum Gasteiger partial charge on any atom is 0.251 e. The van der Waals surface area contributed by atoms with Crippen molar-refractivity contribution in [3.8, 4) is 0 Å². The van der Waals surface area contributed by atoms with Gasteiger partial charge in [0.1, 0.15) is 0 Å². The smallest absolute Gasteiger partial charge is 0.251 e. The molecule has 25 heavy (non-hydrogen) atoms. The van der Waals surface area contributed by atoms with Crippen molar-refractivity contribution in [3.05, 3.63) is 71.3 Å². The van der Waals surface area contributed by atoms with Crippen molar-refractivity contribution in [1.29, 1.82) is 0 Å². The summed E-state index contributed by atoms with van der Waals surface area (Å²) in [6.07, 6.45) is 0.237. The molecule has 2 aromatic rings. The van der Waals surface area contributed by atoms with Crippen LogP contribution in [0.15, 0.2) is 54.6 Å². The van der Waals surface area contributed by atoms with E-state index in [1.807, 2.05) is 49.4 Å². The summed E-state index contributed by atoms with van der Waals surface area (Å²) >= 11 is 0. The van der Waals surface area contributed by atoms with Crippen LogP contribution in [0, 0.1) is 0 Å². The number of carbonyl (C=O) groups excluding carboxylic acids is 2. The van der Waals surface area contributed by atoms with Crippen molar-refractivity contribution in [1.82, 2.24) is 10.6 Å². The number of halogens is 1. The second kappa shape index (κ2) is 10.5. The summed E-state index contributed by atoms with van der Waals surface area (Å²) in [4.78, 5) is 23.7. The predicted molar refractivity (Wildman–Crippen MR) is 102 cm³/mol.